The molecule has 3 atom stereocenters. The molecule has 30 heavy (non-hydrogen) atoms. The third-order valence-corrected chi connectivity index (χ3v) is 5.71. The van der Waals surface area contributed by atoms with Crippen LogP contribution < -0.4 is 14.2 Å². The molecule has 0 bridgehead atoms. The summed E-state index contributed by atoms with van der Waals surface area (Å²) in [7, 11) is 1.61. The van der Waals surface area contributed by atoms with Gasteiger partial charge in [-0.3, -0.25) is 9.69 Å². The number of esters is 1. The van der Waals surface area contributed by atoms with E-state index in [1.54, 1.807) is 14.0 Å². The summed E-state index contributed by atoms with van der Waals surface area (Å²) in [5.41, 5.74) is 1.92. The number of benzene rings is 2. The summed E-state index contributed by atoms with van der Waals surface area (Å²) in [5, 5.41) is 9.42. The van der Waals surface area contributed by atoms with Crippen molar-refractivity contribution < 1.29 is 23.7 Å². The quantitative estimate of drug-likeness (QED) is 0.536. The predicted molar refractivity (Wildman–Crippen MR) is 108 cm³/mol. The lowest BCUT2D eigenvalue weighted by atomic mass is 9.82. The van der Waals surface area contributed by atoms with Crippen LogP contribution in [0.5, 0.6) is 17.2 Å². The van der Waals surface area contributed by atoms with Crippen molar-refractivity contribution in [3.05, 3.63) is 53.6 Å². The third-order valence-electron chi connectivity index (χ3n) is 5.71. The van der Waals surface area contributed by atoms with E-state index in [4.69, 9.17) is 18.9 Å². The van der Waals surface area contributed by atoms with Crippen LogP contribution >= 0.6 is 0 Å². The molecule has 0 radical (unpaired) electrons. The Morgan fingerprint density at radius 1 is 1.17 bits per heavy atom. The lowest BCUT2D eigenvalue weighted by molar-refractivity contribution is -0.149. The number of nitriles is 1. The lowest BCUT2D eigenvalue weighted by Crippen LogP contribution is -2.30. The van der Waals surface area contributed by atoms with Crippen LogP contribution in [0.15, 0.2) is 42.5 Å². The maximum absolute atomic E-state index is 13.1. The minimum absolute atomic E-state index is 0.140. The molecule has 0 aliphatic carbocycles. The predicted octanol–water partition coefficient (Wildman–Crippen LogP) is 3.27. The molecule has 0 spiro atoms. The normalized spacial score (nSPS) is 22.5. The van der Waals surface area contributed by atoms with E-state index in [1.807, 2.05) is 47.4 Å². The van der Waals surface area contributed by atoms with Crippen LogP contribution in [0, 0.1) is 17.2 Å². The van der Waals surface area contributed by atoms with E-state index in [1.165, 1.54) is 0 Å². The molecule has 156 valence electrons. The van der Waals surface area contributed by atoms with E-state index in [2.05, 4.69) is 6.07 Å². The highest BCUT2D eigenvalue weighted by Crippen LogP contribution is 2.48. The van der Waals surface area contributed by atoms with Gasteiger partial charge in [-0.2, -0.15) is 5.26 Å². The van der Waals surface area contributed by atoms with Gasteiger partial charge >= 0.3 is 5.97 Å². The molecule has 0 aromatic heterocycles. The average molecular weight is 408 g/mol. The van der Waals surface area contributed by atoms with E-state index < -0.39 is 5.92 Å². The molecular weight excluding hydrogens is 384 g/mol. The van der Waals surface area contributed by atoms with Crippen LogP contribution in [0.4, 0.5) is 0 Å². The van der Waals surface area contributed by atoms with Gasteiger partial charge < -0.3 is 18.9 Å². The van der Waals surface area contributed by atoms with Crippen LogP contribution in [0.2, 0.25) is 0 Å². The maximum Gasteiger partial charge on any atom is 0.311 e. The molecular formula is C23H24N2O5. The highest BCUT2D eigenvalue weighted by molar-refractivity contribution is 5.76. The number of likely N-dealkylation sites (tertiary alicyclic amines) is 1. The second kappa shape index (κ2) is 8.64. The first kappa shape index (κ1) is 20.0. The van der Waals surface area contributed by atoms with Gasteiger partial charge in [0.15, 0.2) is 11.5 Å². The fourth-order valence-electron chi connectivity index (χ4n) is 4.39. The molecule has 2 heterocycles. The Morgan fingerprint density at radius 2 is 1.90 bits per heavy atom. The number of rotatable bonds is 6. The number of carbonyl (C=O) groups is 1. The summed E-state index contributed by atoms with van der Waals surface area (Å²) < 4.78 is 21.7. The zero-order valence-electron chi connectivity index (χ0n) is 17.0. The Balaban J connectivity index is 1.75. The van der Waals surface area contributed by atoms with Gasteiger partial charge in [-0.1, -0.05) is 18.2 Å². The van der Waals surface area contributed by atoms with Crippen LogP contribution in [0.1, 0.15) is 30.0 Å². The number of ether oxygens (including phenoxy) is 4. The first-order valence-corrected chi connectivity index (χ1v) is 9.97. The van der Waals surface area contributed by atoms with E-state index in [0.29, 0.717) is 24.7 Å². The van der Waals surface area contributed by atoms with E-state index >= 15 is 0 Å². The van der Waals surface area contributed by atoms with Gasteiger partial charge in [-0.05, 0) is 42.3 Å². The Hall–Kier alpha value is -3.24. The molecule has 7 nitrogen and oxygen atoms in total. The van der Waals surface area contributed by atoms with Crippen LogP contribution in [0.25, 0.3) is 0 Å². The van der Waals surface area contributed by atoms with Gasteiger partial charge in [0.2, 0.25) is 6.79 Å². The number of carbonyl (C=O) groups excluding carboxylic acids is 1. The molecule has 7 heteroatoms. The van der Waals surface area contributed by atoms with Gasteiger partial charge in [0.1, 0.15) is 5.75 Å². The molecule has 2 aliphatic heterocycles. The smallest absolute Gasteiger partial charge is 0.311 e. The standard InChI is InChI=1S/C23H24N2O5/c1-3-28-23(26)21-18(16-6-9-19-20(12-16)30-14-29-19)13-25(11-10-24)22(21)15-4-7-17(27-2)8-5-15/h4-9,12,18,21-22H,3,11,13-14H2,1-2H3. The van der Waals surface area contributed by atoms with E-state index in [9.17, 15) is 10.1 Å². The summed E-state index contributed by atoms with van der Waals surface area (Å²) in [6.07, 6.45) is 0. The maximum atomic E-state index is 13.1. The van der Waals surface area contributed by atoms with Crippen molar-refractivity contribution in [3.8, 4) is 23.3 Å². The Bertz CT molecular complexity index is 953. The zero-order chi connectivity index (χ0) is 21.1. The minimum atomic E-state index is -0.452. The number of fused-ring (bicyclic) bond motifs is 1. The van der Waals surface area contributed by atoms with Crippen molar-refractivity contribution in [2.75, 3.05) is 33.6 Å². The van der Waals surface area contributed by atoms with Gasteiger partial charge in [-0.15, -0.1) is 0 Å². The highest BCUT2D eigenvalue weighted by atomic mass is 16.7. The monoisotopic (exact) mass is 408 g/mol. The first-order valence-electron chi connectivity index (χ1n) is 9.97. The molecule has 2 aliphatic rings. The molecule has 2 aromatic carbocycles. The largest absolute Gasteiger partial charge is 0.497 e. The summed E-state index contributed by atoms with van der Waals surface area (Å²) >= 11 is 0. The highest BCUT2D eigenvalue weighted by Gasteiger charge is 2.48. The van der Waals surface area contributed by atoms with Gasteiger partial charge in [0.05, 0.1) is 32.2 Å². The minimum Gasteiger partial charge on any atom is -0.497 e. The van der Waals surface area contributed by atoms with Crippen molar-refractivity contribution >= 4 is 5.97 Å². The van der Waals surface area contributed by atoms with Crippen LogP contribution in [-0.4, -0.2) is 44.5 Å². The van der Waals surface area contributed by atoms with Gasteiger partial charge in [-0.25, -0.2) is 0 Å². The average Bonchev–Trinajstić information content (AvgIpc) is 3.38. The topological polar surface area (TPSA) is 81.0 Å². The lowest BCUT2D eigenvalue weighted by Gasteiger charge is -2.26. The second-order valence-corrected chi connectivity index (χ2v) is 7.30. The number of hydrogen-bond acceptors (Lipinski definition) is 7. The van der Waals surface area contributed by atoms with Crippen molar-refractivity contribution in [1.82, 2.24) is 4.90 Å². The third kappa shape index (κ3) is 3.66. The van der Waals surface area contributed by atoms with E-state index in [0.717, 1.165) is 16.9 Å². The SMILES string of the molecule is CCOC(=O)C1C(c2ccc3c(c2)OCO3)CN(CC#N)C1c1ccc(OC)cc1. The Labute approximate surface area is 175 Å². The summed E-state index contributed by atoms with van der Waals surface area (Å²) in [5.74, 6) is 1.26. The van der Waals surface area contributed by atoms with Gasteiger partial charge in [0, 0.05) is 18.5 Å². The van der Waals surface area contributed by atoms with Crippen molar-refractivity contribution in [3.63, 3.8) is 0 Å². The fraction of sp³-hybridized carbons (Fsp3) is 0.391. The molecule has 1 saturated heterocycles. The van der Waals surface area contributed by atoms with E-state index in [-0.39, 0.29) is 31.3 Å². The Kier molecular flexibility index (Phi) is 5.77. The molecule has 0 saturated carbocycles. The summed E-state index contributed by atoms with van der Waals surface area (Å²) in [6.45, 7) is 3.08. The number of hydrogen-bond donors (Lipinski definition) is 0. The zero-order valence-corrected chi connectivity index (χ0v) is 17.0. The molecule has 0 amide bonds. The molecule has 1 fully saturated rings. The fourth-order valence-corrected chi connectivity index (χ4v) is 4.39. The molecule has 0 N–H and O–H groups in total. The van der Waals surface area contributed by atoms with Crippen LogP contribution in [-0.2, 0) is 9.53 Å². The first-order chi connectivity index (χ1) is 14.7. The molecule has 3 unspecified atom stereocenters. The van der Waals surface area contributed by atoms with Gasteiger partial charge in [0.25, 0.3) is 0 Å². The Morgan fingerprint density at radius 3 is 2.60 bits per heavy atom. The summed E-state index contributed by atoms with van der Waals surface area (Å²) in [4.78, 5) is 15.1. The van der Waals surface area contributed by atoms with Crippen molar-refractivity contribution in [2.45, 2.75) is 18.9 Å². The number of methoxy groups -OCH3 is 1. The van der Waals surface area contributed by atoms with Crippen molar-refractivity contribution in [1.29, 1.82) is 5.26 Å². The second-order valence-electron chi connectivity index (χ2n) is 7.30. The molecule has 4 rings (SSSR count). The molecule has 2 aromatic rings. The summed E-state index contributed by atoms with van der Waals surface area (Å²) in [6, 6.07) is 15.4. The van der Waals surface area contributed by atoms with Crippen LogP contribution in [0.3, 0.4) is 0 Å². The van der Waals surface area contributed by atoms with Crippen molar-refractivity contribution in [2.24, 2.45) is 5.92 Å². The number of nitrogens with zero attached hydrogens (tertiary/aromatic N) is 2.